The van der Waals surface area contributed by atoms with Crippen molar-refractivity contribution >= 4 is 11.9 Å². The minimum Gasteiger partial charge on any atom is -0.311 e. The molecule has 0 aliphatic heterocycles. The lowest BCUT2D eigenvalue weighted by Gasteiger charge is -2.02. The van der Waals surface area contributed by atoms with E-state index in [0.29, 0.717) is 5.95 Å². The van der Waals surface area contributed by atoms with Crippen LogP contribution in [0.1, 0.15) is 5.69 Å². The van der Waals surface area contributed by atoms with Crippen LogP contribution in [0, 0.1) is 6.92 Å². The zero-order chi connectivity index (χ0) is 9.68. The number of amides is 1. The second-order valence-electron chi connectivity index (χ2n) is 2.60. The van der Waals surface area contributed by atoms with Gasteiger partial charge in [-0.25, -0.2) is 9.97 Å². The number of rotatable bonds is 3. The van der Waals surface area contributed by atoms with E-state index in [9.17, 15) is 4.79 Å². The third-order valence-corrected chi connectivity index (χ3v) is 1.38. The fraction of sp³-hybridized carbons (Fsp3) is 0.375. The summed E-state index contributed by atoms with van der Waals surface area (Å²) in [5.74, 6) is 0.202. The first-order valence-corrected chi connectivity index (χ1v) is 3.96. The maximum atomic E-state index is 11.1. The lowest BCUT2D eigenvalue weighted by atomic mass is 10.5. The van der Waals surface area contributed by atoms with Crippen LogP contribution in [-0.4, -0.2) is 29.5 Å². The van der Waals surface area contributed by atoms with Crippen molar-refractivity contribution in [2.75, 3.05) is 18.9 Å². The van der Waals surface area contributed by atoms with E-state index in [-0.39, 0.29) is 12.5 Å². The maximum Gasteiger partial charge on any atom is 0.240 e. The summed E-state index contributed by atoms with van der Waals surface area (Å²) in [6.45, 7) is 2.10. The number of carbonyl (C=O) groups is 1. The molecular weight excluding hydrogens is 168 g/mol. The van der Waals surface area contributed by atoms with Gasteiger partial charge in [0.15, 0.2) is 0 Å². The van der Waals surface area contributed by atoms with Gasteiger partial charge in [0, 0.05) is 11.9 Å². The van der Waals surface area contributed by atoms with Gasteiger partial charge >= 0.3 is 0 Å². The highest BCUT2D eigenvalue weighted by atomic mass is 16.2. The third kappa shape index (κ3) is 3.16. The topological polar surface area (TPSA) is 66.9 Å². The molecule has 70 valence electrons. The molecule has 1 rings (SSSR count). The molecule has 0 aromatic carbocycles. The van der Waals surface area contributed by atoms with E-state index < -0.39 is 0 Å². The Morgan fingerprint density at radius 1 is 1.62 bits per heavy atom. The molecule has 0 fully saturated rings. The summed E-state index contributed by atoms with van der Waals surface area (Å²) in [6.07, 6.45) is 1.61. The van der Waals surface area contributed by atoms with Crippen LogP contribution in [0.5, 0.6) is 0 Å². The maximum absolute atomic E-state index is 11.1. The van der Waals surface area contributed by atoms with Crippen LogP contribution >= 0.6 is 0 Å². The average molecular weight is 180 g/mol. The minimum absolute atomic E-state index is 0.145. The van der Waals surface area contributed by atoms with E-state index in [1.165, 1.54) is 0 Å². The van der Waals surface area contributed by atoms with Crippen molar-refractivity contribution in [3.8, 4) is 0 Å². The van der Waals surface area contributed by atoms with Crippen molar-refractivity contribution < 1.29 is 4.79 Å². The lowest BCUT2D eigenvalue weighted by Crippen LogP contribution is -2.25. The number of nitrogens with zero attached hydrogens (tertiary/aromatic N) is 2. The Labute approximate surface area is 76.6 Å². The summed E-state index contributed by atoms with van der Waals surface area (Å²) in [4.78, 5) is 19.0. The minimum atomic E-state index is -0.145. The van der Waals surface area contributed by atoms with Crippen molar-refractivity contribution in [1.82, 2.24) is 15.3 Å². The Balaban J connectivity index is 2.58. The first-order valence-electron chi connectivity index (χ1n) is 3.96. The van der Waals surface area contributed by atoms with Crippen molar-refractivity contribution in [1.29, 1.82) is 0 Å². The normalized spacial score (nSPS) is 9.69. The highest BCUT2D eigenvalue weighted by Crippen LogP contribution is 1.97. The first kappa shape index (κ1) is 9.60. The molecule has 1 amide bonds. The van der Waals surface area contributed by atoms with Gasteiger partial charge in [-0.3, -0.25) is 10.1 Å². The number of likely N-dealkylation sites (N-methyl/N-ethyl adjacent to an activating group) is 1. The van der Waals surface area contributed by atoms with Crippen molar-refractivity contribution in [3.05, 3.63) is 18.0 Å². The van der Waals surface area contributed by atoms with Crippen molar-refractivity contribution in [2.45, 2.75) is 6.92 Å². The third-order valence-electron chi connectivity index (χ3n) is 1.38. The van der Waals surface area contributed by atoms with E-state index >= 15 is 0 Å². The number of hydrogen-bond donors (Lipinski definition) is 2. The Morgan fingerprint density at radius 3 is 3.00 bits per heavy atom. The number of aromatic nitrogens is 2. The second kappa shape index (κ2) is 4.51. The molecule has 0 radical (unpaired) electrons. The van der Waals surface area contributed by atoms with Crippen LogP contribution in [0.3, 0.4) is 0 Å². The summed E-state index contributed by atoms with van der Waals surface area (Å²) >= 11 is 0. The smallest absolute Gasteiger partial charge is 0.240 e. The van der Waals surface area contributed by atoms with Gasteiger partial charge < -0.3 is 5.32 Å². The molecule has 0 unspecified atom stereocenters. The zero-order valence-corrected chi connectivity index (χ0v) is 7.66. The summed E-state index contributed by atoms with van der Waals surface area (Å²) in [5, 5.41) is 5.29. The number of aryl methyl sites for hydroxylation is 1. The molecule has 2 N–H and O–H groups in total. The van der Waals surface area contributed by atoms with E-state index in [1.807, 2.05) is 6.92 Å². The molecule has 0 saturated heterocycles. The molecule has 5 nitrogen and oxygen atoms in total. The van der Waals surface area contributed by atoms with Crippen molar-refractivity contribution in [2.24, 2.45) is 0 Å². The van der Waals surface area contributed by atoms with Gasteiger partial charge in [0.05, 0.1) is 6.54 Å². The average Bonchev–Trinajstić information content (AvgIpc) is 2.04. The van der Waals surface area contributed by atoms with Crippen LogP contribution in [0.15, 0.2) is 12.3 Å². The first-order chi connectivity index (χ1) is 6.22. The Kier molecular flexibility index (Phi) is 3.33. The highest BCUT2D eigenvalue weighted by molar-refractivity contribution is 5.90. The van der Waals surface area contributed by atoms with Crippen LogP contribution < -0.4 is 10.6 Å². The van der Waals surface area contributed by atoms with E-state index in [2.05, 4.69) is 20.6 Å². The SMILES string of the molecule is CNCC(=O)Nc1nccc(C)n1. The predicted molar refractivity (Wildman–Crippen MR) is 49.3 cm³/mol. The van der Waals surface area contributed by atoms with Gasteiger partial charge in [0.2, 0.25) is 11.9 Å². The largest absolute Gasteiger partial charge is 0.311 e. The molecule has 0 aliphatic rings. The van der Waals surface area contributed by atoms with Gasteiger partial charge in [-0.05, 0) is 20.0 Å². The number of carbonyl (C=O) groups excluding carboxylic acids is 1. The van der Waals surface area contributed by atoms with Gasteiger partial charge in [0.1, 0.15) is 0 Å². The van der Waals surface area contributed by atoms with Crippen molar-refractivity contribution in [3.63, 3.8) is 0 Å². The molecule has 0 atom stereocenters. The standard InChI is InChI=1S/C8H12N4O/c1-6-3-4-10-8(11-6)12-7(13)5-9-2/h3-4,9H,5H2,1-2H3,(H,10,11,12,13). The molecule has 1 aromatic heterocycles. The van der Waals surface area contributed by atoms with E-state index in [0.717, 1.165) is 5.69 Å². The molecule has 0 spiro atoms. The lowest BCUT2D eigenvalue weighted by molar-refractivity contribution is -0.115. The van der Waals surface area contributed by atoms with Crippen LogP contribution in [-0.2, 0) is 4.79 Å². The summed E-state index contributed by atoms with van der Waals surface area (Å²) in [7, 11) is 1.71. The molecule has 1 heterocycles. The highest BCUT2D eigenvalue weighted by Gasteiger charge is 2.01. The van der Waals surface area contributed by atoms with Crippen LogP contribution in [0.4, 0.5) is 5.95 Å². The second-order valence-corrected chi connectivity index (χ2v) is 2.60. The van der Waals surface area contributed by atoms with Gasteiger partial charge in [-0.15, -0.1) is 0 Å². The summed E-state index contributed by atoms with van der Waals surface area (Å²) < 4.78 is 0. The monoisotopic (exact) mass is 180 g/mol. The number of nitrogens with one attached hydrogen (secondary N) is 2. The Bertz CT molecular complexity index is 300. The van der Waals surface area contributed by atoms with E-state index in [1.54, 1.807) is 19.3 Å². The Hall–Kier alpha value is -1.49. The van der Waals surface area contributed by atoms with Crippen LogP contribution in [0.2, 0.25) is 0 Å². The fourth-order valence-corrected chi connectivity index (χ4v) is 0.839. The molecule has 13 heavy (non-hydrogen) atoms. The molecule has 5 heteroatoms. The van der Waals surface area contributed by atoms with Gasteiger partial charge in [0.25, 0.3) is 0 Å². The molecular formula is C8H12N4O. The number of anilines is 1. The molecule has 1 aromatic rings. The fourth-order valence-electron chi connectivity index (χ4n) is 0.839. The summed E-state index contributed by atoms with van der Waals surface area (Å²) in [5.41, 5.74) is 0.828. The van der Waals surface area contributed by atoms with Crippen LogP contribution in [0.25, 0.3) is 0 Å². The molecule has 0 aliphatic carbocycles. The van der Waals surface area contributed by atoms with Gasteiger partial charge in [-0.2, -0.15) is 0 Å². The molecule has 0 bridgehead atoms. The van der Waals surface area contributed by atoms with Gasteiger partial charge in [-0.1, -0.05) is 0 Å². The molecule has 0 saturated carbocycles. The Morgan fingerprint density at radius 2 is 2.38 bits per heavy atom. The quantitative estimate of drug-likeness (QED) is 0.684. The van der Waals surface area contributed by atoms with E-state index in [4.69, 9.17) is 0 Å². The zero-order valence-electron chi connectivity index (χ0n) is 7.66. The summed E-state index contributed by atoms with van der Waals surface area (Å²) in [6, 6.07) is 1.77. The predicted octanol–water partition coefficient (Wildman–Crippen LogP) is -0.0571. The number of hydrogen-bond acceptors (Lipinski definition) is 4.